The molecule has 0 spiro atoms. The number of carbonyl (C=O) groups excluding carboxylic acids is 1. The summed E-state index contributed by atoms with van der Waals surface area (Å²) in [5.41, 5.74) is 7.72. The van der Waals surface area contributed by atoms with Crippen molar-refractivity contribution in [2.24, 2.45) is 5.92 Å². The Morgan fingerprint density at radius 3 is 2.59 bits per heavy atom. The van der Waals surface area contributed by atoms with Crippen LogP contribution in [0.4, 0.5) is 0 Å². The van der Waals surface area contributed by atoms with Crippen LogP contribution in [0.25, 0.3) is 5.57 Å². The van der Waals surface area contributed by atoms with Gasteiger partial charge in [0, 0.05) is 35.8 Å². The molecule has 3 nitrogen and oxygen atoms in total. The van der Waals surface area contributed by atoms with E-state index in [1.54, 1.807) is 0 Å². The van der Waals surface area contributed by atoms with Crippen LogP contribution in [-0.4, -0.2) is 28.9 Å². The van der Waals surface area contributed by atoms with Crippen molar-refractivity contribution >= 4 is 23.1 Å². The first-order chi connectivity index (χ1) is 13.2. The lowest BCUT2D eigenvalue weighted by Crippen LogP contribution is -2.37. The molecule has 1 aromatic carbocycles. The van der Waals surface area contributed by atoms with Crippen LogP contribution in [0, 0.1) is 5.92 Å². The summed E-state index contributed by atoms with van der Waals surface area (Å²) in [6.45, 7) is 1.67. The highest BCUT2D eigenvalue weighted by molar-refractivity contribution is 6.30. The number of hydrogen-bond donors (Lipinski definition) is 0. The maximum absolute atomic E-state index is 12.4. The molecule has 2 aliphatic carbocycles. The minimum Gasteiger partial charge on any atom is -0.342 e. The molecule has 0 radical (unpaired) electrons. The number of piperidine rings is 1. The zero-order valence-electron chi connectivity index (χ0n) is 15.4. The van der Waals surface area contributed by atoms with Crippen LogP contribution in [0.5, 0.6) is 0 Å². The van der Waals surface area contributed by atoms with E-state index in [0.29, 0.717) is 11.8 Å². The van der Waals surface area contributed by atoms with Crippen molar-refractivity contribution in [3.8, 4) is 0 Å². The maximum Gasteiger partial charge on any atom is 0.225 e. The largest absolute Gasteiger partial charge is 0.342 e. The first-order valence-electron chi connectivity index (χ1n) is 9.94. The van der Waals surface area contributed by atoms with E-state index < -0.39 is 0 Å². The molecule has 5 rings (SSSR count). The molecule has 1 saturated carbocycles. The first-order valence-corrected chi connectivity index (χ1v) is 10.3. The second-order valence-electron chi connectivity index (χ2n) is 7.89. The van der Waals surface area contributed by atoms with Crippen molar-refractivity contribution in [3.63, 3.8) is 0 Å². The number of rotatable bonds is 1. The maximum atomic E-state index is 12.4. The molecule has 27 heavy (non-hydrogen) atoms. The number of carbonyl (C=O) groups is 1. The Morgan fingerprint density at radius 2 is 1.81 bits per heavy atom. The number of nitrogens with zero attached hydrogens (tertiary/aromatic N) is 2. The van der Waals surface area contributed by atoms with E-state index in [1.165, 1.54) is 27.8 Å². The SMILES string of the molecule is O=C(C1CC1)N1CCC(=C2c3ccc(Cl)cc3CCc3cccnc32)CC1. The molecule has 1 saturated heterocycles. The molecule has 2 heterocycles. The summed E-state index contributed by atoms with van der Waals surface area (Å²) >= 11 is 6.29. The van der Waals surface area contributed by atoms with E-state index in [0.717, 1.165) is 62.3 Å². The quantitative estimate of drug-likeness (QED) is 0.722. The minimum atomic E-state index is 0.308. The van der Waals surface area contributed by atoms with Crippen molar-refractivity contribution in [2.45, 2.75) is 38.5 Å². The van der Waals surface area contributed by atoms with Gasteiger partial charge in [0.05, 0.1) is 5.69 Å². The van der Waals surface area contributed by atoms with Crippen molar-refractivity contribution in [3.05, 3.63) is 69.5 Å². The predicted octanol–water partition coefficient (Wildman–Crippen LogP) is 4.67. The Labute approximate surface area is 165 Å². The summed E-state index contributed by atoms with van der Waals surface area (Å²) in [4.78, 5) is 19.3. The third kappa shape index (κ3) is 3.19. The molecular weight excluding hydrogens is 356 g/mol. The van der Waals surface area contributed by atoms with Gasteiger partial charge in [-0.3, -0.25) is 9.78 Å². The Balaban J connectivity index is 1.56. The smallest absolute Gasteiger partial charge is 0.225 e. The topological polar surface area (TPSA) is 33.2 Å². The number of aryl methyl sites for hydroxylation is 2. The summed E-state index contributed by atoms with van der Waals surface area (Å²) in [5.74, 6) is 0.674. The summed E-state index contributed by atoms with van der Waals surface area (Å²) in [6, 6.07) is 10.5. The Bertz CT molecular complexity index is 935. The molecule has 1 amide bonds. The van der Waals surface area contributed by atoms with Gasteiger partial charge in [0.2, 0.25) is 5.91 Å². The molecular formula is C23H23ClN2O. The lowest BCUT2D eigenvalue weighted by molar-refractivity contribution is -0.132. The zero-order valence-corrected chi connectivity index (χ0v) is 16.1. The molecule has 0 bridgehead atoms. The van der Waals surface area contributed by atoms with E-state index >= 15 is 0 Å². The molecule has 0 atom stereocenters. The van der Waals surface area contributed by atoms with Crippen LogP contribution in [0.1, 0.15) is 48.1 Å². The number of benzene rings is 1. The van der Waals surface area contributed by atoms with Crippen LogP contribution < -0.4 is 0 Å². The van der Waals surface area contributed by atoms with Crippen molar-refractivity contribution in [1.82, 2.24) is 9.88 Å². The summed E-state index contributed by atoms with van der Waals surface area (Å²) in [5, 5.41) is 0.793. The van der Waals surface area contributed by atoms with Gasteiger partial charge in [0.1, 0.15) is 0 Å². The number of halogens is 1. The number of pyridine rings is 1. The highest BCUT2D eigenvalue weighted by Crippen LogP contribution is 2.39. The summed E-state index contributed by atoms with van der Waals surface area (Å²) < 4.78 is 0. The molecule has 0 unspecified atom stereocenters. The predicted molar refractivity (Wildman–Crippen MR) is 108 cm³/mol. The molecule has 2 fully saturated rings. The monoisotopic (exact) mass is 378 g/mol. The van der Waals surface area contributed by atoms with E-state index in [9.17, 15) is 4.79 Å². The molecule has 1 aliphatic heterocycles. The van der Waals surface area contributed by atoms with Crippen molar-refractivity contribution < 1.29 is 4.79 Å². The number of hydrogen-bond acceptors (Lipinski definition) is 2. The third-order valence-electron chi connectivity index (χ3n) is 6.09. The highest BCUT2D eigenvalue weighted by atomic mass is 35.5. The van der Waals surface area contributed by atoms with Crippen LogP contribution in [-0.2, 0) is 17.6 Å². The zero-order chi connectivity index (χ0) is 18.4. The fraction of sp³-hybridized carbons (Fsp3) is 0.391. The van der Waals surface area contributed by atoms with Crippen LogP contribution in [0.2, 0.25) is 5.02 Å². The number of fused-ring (bicyclic) bond motifs is 2. The average Bonchev–Trinajstić information content (AvgIpc) is 3.54. The van der Waals surface area contributed by atoms with E-state index in [2.05, 4.69) is 23.1 Å². The van der Waals surface area contributed by atoms with Gasteiger partial charge in [0.15, 0.2) is 0 Å². The second-order valence-corrected chi connectivity index (χ2v) is 8.33. The normalized spacial score (nSPS) is 19.4. The van der Waals surface area contributed by atoms with Gasteiger partial charge in [-0.25, -0.2) is 0 Å². The summed E-state index contributed by atoms with van der Waals surface area (Å²) in [6.07, 6.45) is 7.89. The molecule has 0 N–H and O–H groups in total. The van der Waals surface area contributed by atoms with Crippen molar-refractivity contribution in [1.29, 1.82) is 0 Å². The van der Waals surface area contributed by atoms with Crippen LogP contribution in [0.3, 0.4) is 0 Å². The Kier molecular flexibility index (Phi) is 4.28. The third-order valence-corrected chi connectivity index (χ3v) is 6.32. The highest BCUT2D eigenvalue weighted by Gasteiger charge is 2.35. The van der Waals surface area contributed by atoms with Gasteiger partial charge >= 0.3 is 0 Å². The molecule has 138 valence electrons. The van der Waals surface area contributed by atoms with Crippen LogP contribution in [0.15, 0.2) is 42.1 Å². The van der Waals surface area contributed by atoms with E-state index in [4.69, 9.17) is 16.6 Å². The minimum absolute atomic E-state index is 0.308. The van der Waals surface area contributed by atoms with Gasteiger partial charge < -0.3 is 4.90 Å². The fourth-order valence-corrected chi connectivity index (χ4v) is 4.66. The van der Waals surface area contributed by atoms with Gasteiger partial charge in [-0.15, -0.1) is 0 Å². The fourth-order valence-electron chi connectivity index (χ4n) is 4.47. The van der Waals surface area contributed by atoms with E-state index in [1.807, 2.05) is 18.3 Å². The lowest BCUT2D eigenvalue weighted by Gasteiger charge is -2.30. The average molecular weight is 379 g/mol. The van der Waals surface area contributed by atoms with Gasteiger partial charge in [-0.05, 0) is 73.4 Å². The number of aromatic nitrogens is 1. The number of amides is 1. The first kappa shape index (κ1) is 17.0. The van der Waals surface area contributed by atoms with E-state index in [-0.39, 0.29) is 0 Å². The second kappa shape index (κ2) is 6.79. The Hall–Kier alpha value is -2.13. The van der Waals surface area contributed by atoms with Gasteiger partial charge in [0.25, 0.3) is 0 Å². The van der Waals surface area contributed by atoms with Crippen LogP contribution >= 0.6 is 11.6 Å². The number of likely N-dealkylation sites (tertiary alicyclic amines) is 1. The molecule has 3 aliphatic rings. The standard InChI is InChI=1S/C23H23ClN2O/c24-19-7-8-20-18(14-19)6-3-16-2-1-11-25-22(16)21(20)15-9-12-26(13-10-15)23(27)17-4-5-17/h1-2,7-8,11,14,17H,3-6,9-10,12-13H2. The molecule has 1 aromatic heterocycles. The lowest BCUT2D eigenvalue weighted by atomic mass is 9.88. The molecule has 2 aromatic rings. The van der Waals surface area contributed by atoms with Crippen molar-refractivity contribution in [2.75, 3.05) is 13.1 Å². The van der Waals surface area contributed by atoms with Gasteiger partial charge in [-0.2, -0.15) is 0 Å². The Morgan fingerprint density at radius 1 is 1.04 bits per heavy atom. The molecule has 4 heteroatoms. The van der Waals surface area contributed by atoms with Gasteiger partial charge in [-0.1, -0.05) is 29.3 Å². The summed E-state index contributed by atoms with van der Waals surface area (Å²) in [7, 11) is 0.